The molecule has 0 aliphatic carbocycles. The number of hydrogen-bond acceptors (Lipinski definition) is 6. The second-order valence-electron chi connectivity index (χ2n) is 6.71. The summed E-state index contributed by atoms with van der Waals surface area (Å²) in [5.41, 5.74) is 2.00. The minimum Gasteiger partial charge on any atom is -0.467 e. The van der Waals surface area contributed by atoms with Crippen molar-refractivity contribution in [2.75, 3.05) is 5.75 Å². The molecule has 0 aliphatic heterocycles. The van der Waals surface area contributed by atoms with Crippen LogP contribution in [0.1, 0.15) is 24.3 Å². The van der Waals surface area contributed by atoms with Crippen LogP contribution in [0.5, 0.6) is 0 Å². The molecule has 30 heavy (non-hydrogen) atoms. The van der Waals surface area contributed by atoms with Crippen molar-refractivity contribution >= 4 is 17.7 Å². The minimum absolute atomic E-state index is 0.0962. The lowest BCUT2D eigenvalue weighted by Crippen LogP contribution is -2.28. The molecule has 1 N–H and O–H groups in total. The number of rotatable bonds is 8. The number of benzene rings is 1. The number of nitrogens with one attached hydrogen (secondary N) is 1. The number of aromatic nitrogens is 4. The lowest BCUT2D eigenvalue weighted by molar-refractivity contribution is -0.119. The topological polar surface area (TPSA) is 85.8 Å². The van der Waals surface area contributed by atoms with E-state index in [2.05, 4.69) is 32.6 Å². The van der Waals surface area contributed by atoms with Gasteiger partial charge in [0.05, 0.1) is 24.6 Å². The van der Waals surface area contributed by atoms with Gasteiger partial charge in [-0.05, 0) is 36.8 Å². The lowest BCUT2D eigenvalue weighted by Gasteiger charge is -2.12. The first-order chi connectivity index (χ1) is 14.7. The number of thioether (sulfide) groups is 1. The molecule has 0 aliphatic rings. The molecule has 8 heteroatoms. The normalized spacial score (nSPS) is 11.9. The summed E-state index contributed by atoms with van der Waals surface area (Å²) in [7, 11) is 0. The van der Waals surface area contributed by atoms with E-state index in [0.29, 0.717) is 11.7 Å². The van der Waals surface area contributed by atoms with Crippen molar-refractivity contribution in [2.24, 2.45) is 0 Å². The summed E-state index contributed by atoms with van der Waals surface area (Å²) in [5.74, 6) is 1.57. The van der Waals surface area contributed by atoms with E-state index >= 15 is 0 Å². The first-order valence-electron chi connectivity index (χ1n) is 9.54. The van der Waals surface area contributed by atoms with Gasteiger partial charge in [-0.1, -0.05) is 42.1 Å². The molecule has 0 saturated heterocycles. The Labute approximate surface area is 178 Å². The third-order valence-electron chi connectivity index (χ3n) is 4.50. The average molecular weight is 420 g/mol. The molecular weight excluding hydrogens is 398 g/mol. The van der Waals surface area contributed by atoms with Gasteiger partial charge in [-0.2, -0.15) is 0 Å². The highest BCUT2D eigenvalue weighted by Crippen LogP contribution is 2.25. The number of furan rings is 1. The minimum atomic E-state index is -0.193. The van der Waals surface area contributed by atoms with E-state index < -0.39 is 0 Å². The molecule has 1 aromatic carbocycles. The highest BCUT2D eigenvalue weighted by atomic mass is 32.2. The second-order valence-corrected chi connectivity index (χ2v) is 7.66. The summed E-state index contributed by atoms with van der Waals surface area (Å²) in [6.45, 7) is 2.49. The van der Waals surface area contributed by atoms with Gasteiger partial charge in [-0.25, -0.2) is 0 Å². The molecule has 0 fully saturated rings. The average Bonchev–Trinajstić information content (AvgIpc) is 3.44. The van der Waals surface area contributed by atoms with E-state index in [0.717, 1.165) is 22.7 Å². The Morgan fingerprint density at radius 2 is 2.00 bits per heavy atom. The largest absolute Gasteiger partial charge is 0.467 e. The van der Waals surface area contributed by atoms with Gasteiger partial charge in [-0.15, -0.1) is 10.2 Å². The Morgan fingerprint density at radius 1 is 1.13 bits per heavy atom. The SMILES string of the molecule is C[C@@H](NC(=O)CSc1nnc(-c2cccnc2)n1Cc1ccccc1)c1ccco1. The molecule has 1 atom stereocenters. The molecule has 3 aromatic heterocycles. The van der Waals surface area contributed by atoms with Crippen molar-refractivity contribution in [2.45, 2.75) is 24.7 Å². The lowest BCUT2D eigenvalue weighted by atomic mass is 10.2. The molecule has 1 amide bonds. The Bertz CT molecular complexity index is 1080. The molecule has 152 valence electrons. The van der Waals surface area contributed by atoms with Crippen LogP contribution < -0.4 is 5.32 Å². The van der Waals surface area contributed by atoms with E-state index in [1.54, 1.807) is 24.7 Å². The van der Waals surface area contributed by atoms with Crippen LogP contribution in [0.2, 0.25) is 0 Å². The highest BCUT2D eigenvalue weighted by Gasteiger charge is 2.17. The number of carbonyl (C=O) groups is 1. The molecule has 4 aromatic rings. The smallest absolute Gasteiger partial charge is 0.231 e. The Hall–Kier alpha value is -3.39. The number of nitrogens with zero attached hydrogens (tertiary/aromatic N) is 4. The summed E-state index contributed by atoms with van der Waals surface area (Å²) < 4.78 is 7.36. The highest BCUT2D eigenvalue weighted by molar-refractivity contribution is 7.99. The zero-order valence-electron chi connectivity index (χ0n) is 16.4. The van der Waals surface area contributed by atoms with Crippen molar-refractivity contribution in [1.82, 2.24) is 25.1 Å². The van der Waals surface area contributed by atoms with Crippen molar-refractivity contribution in [3.05, 3.63) is 84.6 Å². The molecule has 4 rings (SSSR count). The molecule has 0 unspecified atom stereocenters. The maximum absolute atomic E-state index is 12.4. The van der Waals surface area contributed by atoms with Crippen LogP contribution in [0.4, 0.5) is 0 Å². The van der Waals surface area contributed by atoms with Gasteiger partial charge >= 0.3 is 0 Å². The summed E-state index contributed by atoms with van der Waals surface area (Å²) in [6.07, 6.45) is 5.08. The van der Waals surface area contributed by atoms with Crippen LogP contribution in [0.3, 0.4) is 0 Å². The fourth-order valence-electron chi connectivity index (χ4n) is 3.03. The van der Waals surface area contributed by atoms with Crippen LogP contribution in [0, 0.1) is 0 Å². The van der Waals surface area contributed by atoms with Gasteiger partial charge in [0.1, 0.15) is 5.76 Å². The number of carbonyl (C=O) groups excluding carboxylic acids is 1. The van der Waals surface area contributed by atoms with Gasteiger partial charge in [0, 0.05) is 18.0 Å². The van der Waals surface area contributed by atoms with Crippen LogP contribution >= 0.6 is 11.8 Å². The number of pyridine rings is 1. The van der Waals surface area contributed by atoms with Gasteiger partial charge in [0.25, 0.3) is 0 Å². The van der Waals surface area contributed by atoms with E-state index in [1.165, 1.54) is 11.8 Å². The first-order valence-corrected chi connectivity index (χ1v) is 10.5. The Balaban J connectivity index is 1.51. The van der Waals surface area contributed by atoms with Crippen LogP contribution in [-0.4, -0.2) is 31.4 Å². The van der Waals surface area contributed by atoms with Gasteiger partial charge < -0.3 is 9.73 Å². The predicted octanol–water partition coefficient (Wildman–Crippen LogP) is 3.95. The molecular formula is C22H21N5O2S. The van der Waals surface area contributed by atoms with E-state index in [4.69, 9.17) is 4.42 Å². The quantitative estimate of drug-likeness (QED) is 0.435. The van der Waals surface area contributed by atoms with Crippen LogP contribution in [-0.2, 0) is 11.3 Å². The molecule has 7 nitrogen and oxygen atoms in total. The van der Waals surface area contributed by atoms with Crippen LogP contribution in [0.15, 0.2) is 82.8 Å². The summed E-state index contributed by atoms with van der Waals surface area (Å²) in [4.78, 5) is 16.6. The van der Waals surface area contributed by atoms with Crippen molar-refractivity contribution < 1.29 is 9.21 Å². The van der Waals surface area contributed by atoms with Crippen molar-refractivity contribution in [1.29, 1.82) is 0 Å². The summed E-state index contributed by atoms with van der Waals surface area (Å²) in [6, 6.07) is 17.4. The fraction of sp³-hybridized carbons (Fsp3) is 0.182. The van der Waals surface area contributed by atoms with Gasteiger partial charge in [0.2, 0.25) is 5.91 Å². The van der Waals surface area contributed by atoms with E-state index in [1.807, 2.05) is 47.9 Å². The van der Waals surface area contributed by atoms with Gasteiger partial charge in [0.15, 0.2) is 11.0 Å². The number of hydrogen-bond donors (Lipinski definition) is 1. The van der Waals surface area contributed by atoms with Crippen molar-refractivity contribution in [3.63, 3.8) is 0 Å². The zero-order valence-corrected chi connectivity index (χ0v) is 17.2. The Morgan fingerprint density at radius 3 is 2.73 bits per heavy atom. The molecule has 0 spiro atoms. The van der Waals surface area contributed by atoms with Crippen molar-refractivity contribution in [3.8, 4) is 11.4 Å². The standard InChI is InChI=1S/C22H21N5O2S/c1-16(19-10-6-12-29-19)24-20(28)15-30-22-26-25-21(18-9-5-11-23-13-18)27(22)14-17-7-3-2-4-8-17/h2-13,16H,14-15H2,1H3,(H,24,28)/t16-/m1/s1. The summed E-state index contributed by atoms with van der Waals surface area (Å²) in [5, 5.41) is 12.3. The predicted molar refractivity (Wildman–Crippen MR) is 115 cm³/mol. The summed E-state index contributed by atoms with van der Waals surface area (Å²) >= 11 is 1.36. The number of amides is 1. The molecule has 0 saturated carbocycles. The molecule has 0 bridgehead atoms. The maximum atomic E-state index is 12.4. The zero-order chi connectivity index (χ0) is 20.8. The first kappa shape index (κ1) is 19.9. The second kappa shape index (κ2) is 9.41. The third-order valence-corrected chi connectivity index (χ3v) is 5.47. The van der Waals surface area contributed by atoms with Crippen LogP contribution in [0.25, 0.3) is 11.4 Å². The molecule has 3 heterocycles. The van der Waals surface area contributed by atoms with E-state index in [9.17, 15) is 4.79 Å². The van der Waals surface area contributed by atoms with Gasteiger partial charge in [-0.3, -0.25) is 14.3 Å². The monoisotopic (exact) mass is 419 g/mol. The third kappa shape index (κ3) is 4.77. The maximum Gasteiger partial charge on any atom is 0.231 e. The van der Waals surface area contributed by atoms with E-state index in [-0.39, 0.29) is 17.7 Å². The molecule has 0 radical (unpaired) electrons. The fourth-order valence-corrected chi connectivity index (χ4v) is 3.78. The Kier molecular flexibility index (Phi) is 6.24.